The maximum absolute atomic E-state index is 12.6. The number of hydrogen-bond acceptors (Lipinski definition) is 4. The smallest absolute Gasteiger partial charge is 0.252 e. The van der Waals surface area contributed by atoms with Crippen molar-refractivity contribution in [2.75, 3.05) is 12.9 Å². The zero-order valence-corrected chi connectivity index (χ0v) is 16.1. The molecule has 138 valence electrons. The number of para-hydroxylation sites is 1. The first-order chi connectivity index (χ1) is 12.5. The molecule has 2 amide bonds. The number of nitrogens with one attached hydrogen (secondary N) is 2. The average molecular weight is 372 g/mol. The summed E-state index contributed by atoms with van der Waals surface area (Å²) in [6, 6.07) is 15.0. The van der Waals surface area contributed by atoms with Crippen molar-refractivity contribution in [3.63, 3.8) is 0 Å². The van der Waals surface area contributed by atoms with Crippen LogP contribution in [0.3, 0.4) is 0 Å². The number of thioether (sulfide) groups is 1. The Bertz CT molecular complexity index is 762. The molecule has 0 unspecified atom stereocenters. The van der Waals surface area contributed by atoms with Gasteiger partial charge in [-0.2, -0.15) is 0 Å². The molecule has 2 aromatic carbocycles. The Morgan fingerprint density at radius 1 is 1.08 bits per heavy atom. The Labute approximate surface area is 158 Å². The highest BCUT2D eigenvalue weighted by atomic mass is 32.2. The summed E-state index contributed by atoms with van der Waals surface area (Å²) in [7, 11) is 1.61. The normalized spacial score (nSPS) is 10.5. The van der Waals surface area contributed by atoms with Gasteiger partial charge in [-0.25, -0.2) is 0 Å². The van der Waals surface area contributed by atoms with Crippen molar-refractivity contribution in [3.8, 4) is 5.75 Å². The molecule has 26 heavy (non-hydrogen) atoms. The van der Waals surface area contributed by atoms with Gasteiger partial charge in [-0.05, 0) is 32.0 Å². The van der Waals surface area contributed by atoms with Gasteiger partial charge in [-0.1, -0.05) is 30.3 Å². The van der Waals surface area contributed by atoms with Gasteiger partial charge in [-0.3, -0.25) is 9.59 Å². The van der Waals surface area contributed by atoms with Crippen molar-refractivity contribution >= 4 is 23.6 Å². The van der Waals surface area contributed by atoms with Crippen LogP contribution >= 0.6 is 11.8 Å². The van der Waals surface area contributed by atoms with E-state index in [1.165, 1.54) is 11.8 Å². The minimum absolute atomic E-state index is 0.0470. The lowest BCUT2D eigenvalue weighted by Crippen LogP contribution is -2.31. The van der Waals surface area contributed by atoms with E-state index in [4.69, 9.17) is 4.74 Å². The first kappa shape index (κ1) is 19.8. The van der Waals surface area contributed by atoms with E-state index in [9.17, 15) is 9.59 Å². The molecule has 0 aliphatic carbocycles. The highest BCUT2D eigenvalue weighted by molar-refractivity contribution is 8.00. The van der Waals surface area contributed by atoms with Crippen LogP contribution in [0.25, 0.3) is 0 Å². The van der Waals surface area contributed by atoms with Crippen molar-refractivity contribution in [2.45, 2.75) is 31.3 Å². The van der Waals surface area contributed by atoms with E-state index in [0.717, 1.165) is 16.2 Å². The van der Waals surface area contributed by atoms with Gasteiger partial charge >= 0.3 is 0 Å². The molecule has 0 saturated carbocycles. The lowest BCUT2D eigenvalue weighted by molar-refractivity contribution is -0.119. The van der Waals surface area contributed by atoms with Crippen LogP contribution in [0.2, 0.25) is 0 Å². The second kappa shape index (κ2) is 9.87. The van der Waals surface area contributed by atoms with Crippen molar-refractivity contribution in [3.05, 3.63) is 59.7 Å². The van der Waals surface area contributed by atoms with E-state index in [2.05, 4.69) is 10.6 Å². The molecule has 5 nitrogen and oxygen atoms in total. The van der Waals surface area contributed by atoms with Gasteiger partial charge in [-0.15, -0.1) is 11.8 Å². The molecule has 0 saturated heterocycles. The Hall–Kier alpha value is -2.47. The van der Waals surface area contributed by atoms with E-state index in [1.54, 1.807) is 13.2 Å². The van der Waals surface area contributed by atoms with E-state index in [1.807, 2.05) is 56.3 Å². The monoisotopic (exact) mass is 372 g/mol. The molecule has 0 aromatic heterocycles. The molecular weight excluding hydrogens is 348 g/mol. The lowest BCUT2D eigenvalue weighted by atomic mass is 10.1. The molecule has 0 aliphatic rings. The predicted molar refractivity (Wildman–Crippen MR) is 105 cm³/mol. The van der Waals surface area contributed by atoms with E-state index in [0.29, 0.717) is 12.1 Å². The summed E-state index contributed by atoms with van der Waals surface area (Å²) < 4.78 is 5.30. The minimum Gasteiger partial charge on any atom is -0.496 e. The molecule has 0 heterocycles. The van der Waals surface area contributed by atoms with E-state index in [-0.39, 0.29) is 23.6 Å². The Morgan fingerprint density at radius 2 is 1.77 bits per heavy atom. The fraction of sp³-hybridized carbons (Fsp3) is 0.300. The van der Waals surface area contributed by atoms with E-state index < -0.39 is 0 Å². The third-order valence-corrected chi connectivity index (χ3v) is 4.65. The Kier molecular flexibility index (Phi) is 7.53. The Balaban J connectivity index is 2.01. The largest absolute Gasteiger partial charge is 0.496 e. The zero-order chi connectivity index (χ0) is 18.9. The molecule has 0 fully saturated rings. The number of ether oxygens (including phenoxy) is 1. The summed E-state index contributed by atoms with van der Waals surface area (Å²) in [5, 5.41) is 5.76. The first-order valence-corrected chi connectivity index (χ1v) is 9.41. The van der Waals surface area contributed by atoms with Gasteiger partial charge in [0.1, 0.15) is 5.75 Å². The summed E-state index contributed by atoms with van der Waals surface area (Å²) in [5.41, 5.74) is 1.47. The summed E-state index contributed by atoms with van der Waals surface area (Å²) in [5.74, 6) is 0.785. The number of amides is 2. The molecule has 0 radical (unpaired) electrons. The fourth-order valence-electron chi connectivity index (χ4n) is 2.41. The highest BCUT2D eigenvalue weighted by Gasteiger charge is 2.13. The van der Waals surface area contributed by atoms with Crippen LogP contribution in [-0.2, 0) is 11.3 Å². The number of rotatable bonds is 8. The van der Waals surface area contributed by atoms with Gasteiger partial charge in [0.05, 0.1) is 18.4 Å². The number of hydrogen-bond donors (Lipinski definition) is 2. The highest BCUT2D eigenvalue weighted by Crippen LogP contribution is 2.23. The maximum Gasteiger partial charge on any atom is 0.252 e. The van der Waals surface area contributed by atoms with Crippen LogP contribution in [0.5, 0.6) is 5.75 Å². The molecule has 2 aromatic rings. The average Bonchev–Trinajstić information content (AvgIpc) is 2.64. The number of benzene rings is 2. The number of carbonyl (C=O) groups is 2. The third-order valence-electron chi connectivity index (χ3n) is 3.57. The molecule has 0 aliphatic heterocycles. The van der Waals surface area contributed by atoms with E-state index >= 15 is 0 Å². The second-order valence-corrected chi connectivity index (χ2v) is 7.02. The van der Waals surface area contributed by atoms with Crippen LogP contribution in [0, 0.1) is 0 Å². The van der Waals surface area contributed by atoms with Crippen molar-refractivity contribution in [2.24, 2.45) is 0 Å². The van der Waals surface area contributed by atoms with Crippen LogP contribution in [0.4, 0.5) is 0 Å². The summed E-state index contributed by atoms with van der Waals surface area (Å²) in [6.07, 6.45) is 0. The quantitative estimate of drug-likeness (QED) is 0.698. The molecule has 2 rings (SSSR count). The predicted octanol–water partition coefficient (Wildman–Crippen LogP) is 3.24. The maximum atomic E-state index is 12.6. The molecule has 6 heteroatoms. The van der Waals surface area contributed by atoms with Crippen LogP contribution in [0.15, 0.2) is 53.4 Å². The Morgan fingerprint density at radius 3 is 2.50 bits per heavy atom. The van der Waals surface area contributed by atoms with Gasteiger partial charge in [0.15, 0.2) is 0 Å². The van der Waals surface area contributed by atoms with Gasteiger partial charge in [0.25, 0.3) is 5.91 Å². The van der Waals surface area contributed by atoms with Crippen LogP contribution < -0.4 is 15.4 Å². The molecular formula is C20H24N2O3S. The summed E-state index contributed by atoms with van der Waals surface area (Å²) >= 11 is 1.36. The SMILES string of the molecule is COc1ccccc1CNC(=O)c1ccccc1SCC(=O)NC(C)C. The van der Waals surface area contributed by atoms with Crippen LogP contribution in [0.1, 0.15) is 29.8 Å². The standard InChI is InChI=1S/C20H24N2O3S/c1-14(2)22-19(23)13-26-18-11-7-5-9-16(18)20(24)21-12-15-8-4-6-10-17(15)25-3/h4-11,14H,12-13H2,1-3H3,(H,21,24)(H,22,23). The van der Waals surface area contributed by atoms with Crippen molar-refractivity contribution < 1.29 is 14.3 Å². The molecule has 2 N–H and O–H groups in total. The lowest BCUT2D eigenvalue weighted by Gasteiger charge is -2.12. The number of carbonyl (C=O) groups excluding carboxylic acids is 2. The summed E-state index contributed by atoms with van der Waals surface area (Å²) in [6.45, 7) is 4.21. The van der Waals surface area contributed by atoms with Crippen molar-refractivity contribution in [1.29, 1.82) is 0 Å². The third kappa shape index (κ3) is 5.81. The number of methoxy groups -OCH3 is 1. The van der Waals surface area contributed by atoms with Crippen LogP contribution in [-0.4, -0.2) is 30.7 Å². The molecule has 0 bridgehead atoms. The van der Waals surface area contributed by atoms with Crippen molar-refractivity contribution in [1.82, 2.24) is 10.6 Å². The summed E-state index contributed by atoms with van der Waals surface area (Å²) in [4.78, 5) is 25.2. The minimum atomic E-state index is -0.178. The van der Waals surface area contributed by atoms with Gasteiger partial charge < -0.3 is 15.4 Å². The van der Waals surface area contributed by atoms with Gasteiger partial charge in [0.2, 0.25) is 5.91 Å². The zero-order valence-electron chi connectivity index (χ0n) is 15.2. The van der Waals surface area contributed by atoms with Gasteiger partial charge in [0, 0.05) is 23.0 Å². The fourth-order valence-corrected chi connectivity index (χ4v) is 3.27. The topological polar surface area (TPSA) is 67.4 Å². The second-order valence-electron chi connectivity index (χ2n) is 6.00. The first-order valence-electron chi connectivity index (χ1n) is 8.42. The molecule has 0 spiro atoms. The molecule has 0 atom stereocenters.